The van der Waals surface area contributed by atoms with Gasteiger partial charge in [0.05, 0.1) is 11.2 Å². The summed E-state index contributed by atoms with van der Waals surface area (Å²) in [7, 11) is -0.508. The minimum absolute atomic E-state index is 0.388. The monoisotopic (exact) mass is 246 g/mol. The van der Waals surface area contributed by atoms with Crippen molar-refractivity contribution in [2.45, 2.75) is 38.9 Å². The largest absolute Gasteiger partial charge is 0.498 e. The highest BCUT2D eigenvalue weighted by Crippen LogP contribution is 2.38. The van der Waals surface area contributed by atoms with Crippen LogP contribution in [0.4, 0.5) is 0 Å². The van der Waals surface area contributed by atoms with Crippen molar-refractivity contribution in [2.24, 2.45) is 0 Å². The molecule has 5 heteroatoms. The minimum Gasteiger partial charge on any atom is -0.399 e. The standard InChI is InChI=1S/C13H19BN2O2/c1-12(2)13(3,4)18-14(17-12)10(9-15)11-7-5-6-8-16-11/h5-9,15-16H,1-4H3/b11-10+,15-9?. The first-order valence-electron chi connectivity index (χ1n) is 6.07. The first-order valence-corrected chi connectivity index (χ1v) is 6.07. The van der Waals surface area contributed by atoms with Crippen LogP contribution in [0.1, 0.15) is 27.7 Å². The van der Waals surface area contributed by atoms with E-state index in [4.69, 9.17) is 14.7 Å². The van der Waals surface area contributed by atoms with Gasteiger partial charge >= 0.3 is 7.12 Å². The third-order valence-corrected chi connectivity index (χ3v) is 3.68. The Kier molecular flexibility index (Phi) is 3.21. The van der Waals surface area contributed by atoms with E-state index in [0.717, 1.165) is 5.70 Å². The molecule has 2 aliphatic rings. The Balaban J connectivity index is 2.30. The summed E-state index contributed by atoms with van der Waals surface area (Å²) in [6.45, 7) is 8.01. The molecule has 2 rings (SSSR count). The molecule has 4 nitrogen and oxygen atoms in total. The molecule has 0 aromatic heterocycles. The number of dihydropyridines is 1. The van der Waals surface area contributed by atoms with Crippen LogP contribution in [0, 0.1) is 5.41 Å². The fourth-order valence-electron chi connectivity index (χ4n) is 1.82. The smallest absolute Gasteiger partial charge is 0.399 e. The van der Waals surface area contributed by atoms with Gasteiger partial charge in [-0.2, -0.15) is 0 Å². The second-order valence-electron chi connectivity index (χ2n) is 5.46. The molecule has 0 amide bonds. The summed E-state index contributed by atoms with van der Waals surface area (Å²) in [4.78, 5) is 0. The Labute approximate surface area is 108 Å². The zero-order chi connectivity index (χ0) is 13.4. The maximum atomic E-state index is 7.58. The molecule has 1 saturated heterocycles. The first-order chi connectivity index (χ1) is 8.37. The van der Waals surface area contributed by atoms with Crippen molar-refractivity contribution >= 4 is 13.3 Å². The summed E-state index contributed by atoms with van der Waals surface area (Å²) in [5, 5.41) is 10.7. The Hall–Kier alpha value is -1.33. The summed E-state index contributed by atoms with van der Waals surface area (Å²) in [6.07, 6.45) is 8.83. The zero-order valence-electron chi connectivity index (χ0n) is 11.3. The van der Waals surface area contributed by atoms with E-state index in [1.165, 1.54) is 6.21 Å². The second kappa shape index (κ2) is 4.41. The molecule has 0 radical (unpaired) electrons. The van der Waals surface area contributed by atoms with Crippen molar-refractivity contribution in [3.05, 3.63) is 35.6 Å². The van der Waals surface area contributed by atoms with Gasteiger partial charge in [0.1, 0.15) is 0 Å². The molecular weight excluding hydrogens is 227 g/mol. The van der Waals surface area contributed by atoms with E-state index in [9.17, 15) is 0 Å². The maximum Gasteiger partial charge on any atom is 0.498 e. The van der Waals surface area contributed by atoms with Crippen LogP contribution in [-0.4, -0.2) is 24.5 Å². The molecule has 18 heavy (non-hydrogen) atoms. The molecule has 0 bridgehead atoms. The van der Waals surface area contributed by atoms with Crippen molar-refractivity contribution in [1.29, 1.82) is 5.41 Å². The van der Waals surface area contributed by atoms with E-state index in [0.29, 0.717) is 5.47 Å². The highest BCUT2D eigenvalue weighted by atomic mass is 16.7. The van der Waals surface area contributed by atoms with Crippen LogP contribution in [0.5, 0.6) is 0 Å². The van der Waals surface area contributed by atoms with Crippen molar-refractivity contribution in [1.82, 2.24) is 5.32 Å². The van der Waals surface area contributed by atoms with Gasteiger partial charge in [0.2, 0.25) is 0 Å². The average molecular weight is 246 g/mol. The zero-order valence-corrected chi connectivity index (χ0v) is 11.3. The lowest BCUT2D eigenvalue weighted by atomic mass is 9.77. The van der Waals surface area contributed by atoms with Crippen LogP contribution in [-0.2, 0) is 9.31 Å². The van der Waals surface area contributed by atoms with Crippen LogP contribution in [0.3, 0.4) is 0 Å². The molecule has 0 unspecified atom stereocenters. The maximum absolute atomic E-state index is 7.58. The van der Waals surface area contributed by atoms with Gasteiger partial charge in [-0.05, 0) is 39.8 Å². The average Bonchev–Trinajstić information content (AvgIpc) is 2.50. The van der Waals surface area contributed by atoms with E-state index in [2.05, 4.69) is 5.32 Å². The Bertz CT molecular complexity index is 434. The Morgan fingerprint density at radius 3 is 2.28 bits per heavy atom. The molecule has 2 N–H and O–H groups in total. The number of nitrogens with one attached hydrogen (secondary N) is 2. The predicted molar refractivity (Wildman–Crippen MR) is 73.3 cm³/mol. The molecular formula is C13H19BN2O2. The topological polar surface area (TPSA) is 54.3 Å². The van der Waals surface area contributed by atoms with E-state index in [-0.39, 0.29) is 11.2 Å². The van der Waals surface area contributed by atoms with E-state index in [1.54, 1.807) is 0 Å². The van der Waals surface area contributed by atoms with Crippen molar-refractivity contribution < 1.29 is 9.31 Å². The minimum atomic E-state index is -0.508. The number of rotatable bonds is 2. The van der Waals surface area contributed by atoms with Crippen LogP contribution in [0.2, 0.25) is 0 Å². The fourth-order valence-corrected chi connectivity index (χ4v) is 1.82. The van der Waals surface area contributed by atoms with Gasteiger partial charge in [0.25, 0.3) is 0 Å². The normalized spacial score (nSPS) is 27.0. The van der Waals surface area contributed by atoms with Gasteiger partial charge in [-0.25, -0.2) is 0 Å². The van der Waals surface area contributed by atoms with E-state index in [1.807, 2.05) is 52.1 Å². The Morgan fingerprint density at radius 2 is 1.83 bits per heavy atom. The molecule has 0 aromatic carbocycles. The predicted octanol–water partition coefficient (Wildman–Crippen LogP) is 2.19. The van der Waals surface area contributed by atoms with Gasteiger partial charge in [-0.1, -0.05) is 6.08 Å². The summed E-state index contributed by atoms with van der Waals surface area (Å²) in [5.41, 5.74) is 0.766. The lowest BCUT2D eigenvalue weighted by Crippen LogP contribution is -2.41. The van der Waals surface area contributed by atoms with Gasteiger partial charge in [0, 0.05) is 23.6 Å². The highest BCUT2D eigenvalue weighted by molar-refractivity contribution is 6.60. The number of allylic oxidation sites excluding steroid dienone is 4. The lowest BCUT2D eigenvalue weighted by Gasteiger charge is -2.32. The molecule has 2 heterocycles. The summed E-state index contributed by atoms with van der Waals surface area (Å²) < 4.78 is 11.9. The first kappa shape index (κ1) is 13.1. The molecule has 0 saturated carbocycles. The fraction of sp³-hybridized carbons (Fsp3) is 0.462. The lowest BCUT2D eigenvalue weighted by molar-refractivity contribution is 0.00578. The highest BCUT2D eigenvalue weighted by Gasteiger charge is 2.52. The summed E-state index contributed by atoms with van der Waals surface area (Å²) in [5.74, 6) is 0. The van der Waals surface area contributed by atoms with Crippen molar-refractivity contribution in [2.75, 3.05) is 0 Å². The summed E-state index contributed by atoms with van der Waals surface area (Å²) >= 11 is 0. The summed E-state index contributed by atoms with van der Waals surface area (Å²) in [6, 6.07) is 0. The Morgan fingerprint density at radius 1 is 1.22 bits per heavy atom. The van der Waals surface area contributed by atoms with Crippen LogP contribution in [0.25, 0.3) is 0 Å². The molecule has 0 spiro atoms. The van der Waals surface area contributed by atoms with Gasteiger partial charge in [-0.15, -0.1) is 0 Å². The quantitative estimate of drug-likeness (QED) is 0.580. The molecule has 1 fully saturated rings. The van der Waals surface area contributed by atoms with Crippen molar-refractivity contribution in [3.63, 3.8) is 0 Å². The SMILES string of the molecule is CC1(C)OB(/C(C=N)=C2\C=CC=CN2)OC1(C)C. The second-order valence-corrected chi connectivity index (χ2v) is 5.46. The molecule has 96 valence electrons. The number of hydrogen-bond donors (Lipinski definition) is 2. The van der Waals surface area contributed by atoms with Crippen LogP contribution in [0.15, 0.2) is 35.6 Å². The van der Waals surface area contributed by atoms with Crippen LogP contribution >= 0.6 is 0 Å². The van der Waals surface area contributed by atoms with Gasteiger partial charge in [0.15, 0.2) is 0 Å². The molecule has 2 aliphatic heterocycles. The molecule has 0 atom stereocenters. The van der Waals surface area contributed by atoms with Crippen LogP contribution < -0.4 is 5.32 Å². The third-order valence-electron chi connectivity index (χ3n) is 3.68. The van der Waals surface area contributed by atoms with Gasteiger partial charge < -0.3 is 20.0 Å². The number of hydrogen-bond acceptors (Lipinski definition) is 4. The van der Waals surface area contributed by atoms with E-state index >= 15 is 0 Å². The van der Waals surface area contributed by atoms with Crippen molar-refractivity contribution in [3.8, 4) is 0 Å². The third kappa shape index (κ3) is 2.16. The molecule has 0 aromatic rings. The molecule has 0 aliphatic carbocycles. The van der Waals surface area contributed by atoms with Gasteiger partial charge in [-0.3, -0.25) is 0 Å². The van der Waals surface area contributed by atoms with E-state index < -0.39 is 7.12 Å².